The summed E-state index contributed by atoms with van der Waals surface area (Å²) in [4.78, 5) is 38.1. The molecule has 0 radical (unpaired) electrons. The predicted octanol–water partition coefficient (Wildman–Crippen LogP) is 21.4. The molecule has 0 saturated heterocycles. The zero-order valence-electron chi connectivity index (χ0n) is 49.2. The molecule has 1 unspecified atom stereocenters. The average Bonchev–Trinajstić information content (AvgIpc) is 3.42. The van der Waals surface area contributed by atoms with Gasteiger partial charge in [-0.1, -0.05) is 264 Å². The first-order valence-electron chi connectivity index (χ1n) is 31.2. The van der Waals surface area contributed by atoms with Crippen molar-refractivity contribution in [2.45, 2.75) is 277 Å². The monoisotopic (exact) mass is 1050 g/mol. The number of ether oxygens (including phenoxy) is 3. The molecule has 0 aromatic carbocycles. The van der Waals surface area contributed by atoms with Crippen molar-refractivity contribution < 1.29 is 28.6 Å². The third kappa shape index (κ3) is 60.4. The Morgan fingerprint density at radius 1 is 0.276 bits per heavy atom. The minimum Gasteiger partial charge on any atom is -0.462 e. The van der Waals surface area contributed by atoms with Gasteiger partial charge in [0.05, 0.1) is 0 Å². The molecule has 0 aromatic rings. The maximum Gasteiger partial charge on any atom is 0.306 e. The Hall–Kier alpha value is -4.45. The Balaban J connectivity index is 4.29. The fraction of sp³-hybridized carbons (Fsp3) is 0.643. The van der Waals surface area contributed by atoms with Gasteiger partial charge in [0.25, 0.3) is 0 Å². The molecule has 0 fully saturated rings. The molecule has 0 heterocycles. The largest absolute Gasteiger partial charge is 0.462 e. The Labute approximate surface area is 468 Å². The highest BCUT2D eigenvalue weighted by Gasteiger charge is 2.19. The summed E-state index contributed by atoms with van der Waals surface area (Å²) in [7, 11) is 0. The van der Waals surface area contributed by atoms with Crippen LogP contribution in [-0.2, 0) is 28.6 Å². The van der Waals surface area contributed by atoms with E-state index >= 15 is 0 Å². The number of carbonyl (C=O) groups is 3. The third-order valence-electron chi connectivity index (χ3n) is 12.9. The van der Waals surface area contributed by atoms with Crippen molar-refractivity contribution >= 4 is 17.9 Å². The molecule has 0 saturated carbocycles. The first-order valence-corrected chi connectivity index (χ1v) is 31.2. The normalized spacial score (nSPS) is 13.0. The number of allylic oxidation sites excluding steroid dienone is 22. The number of rotatable bonds is 55. The van der Waals surface area contributed by atoms with Crippen molar-refractivity contribution in [3.8, 4) is 0 Å². The van der Waals surface area contributed by atoms with Crippen molar-refractivity contribution in [2.24, 2.45) is 0 Å². The van der Waals surface area contributed by atoms with E-state index in [-0.39, 0.29) is 31.1 Å². The van der Waals surface area contributed by atoms with Crippen molar-refractivity contribution in [1.29, 1.82) is 0 Å². The molecule has 0 spiro atoms. The SMILES string of the molecule is CC/C=C\C/C=C\C/C=C\C/C=C\C/C=C\C/C=C\C/C=C\C/C=C\C/C=C\CCCCCC(=O)OCC(COC(=O)CCCCCCCCCC)OC(=O)CCCCCCCCCCC/C=C\C/C=C\CCCCC. The molecule has 430 valence electrons. The van der Waals surface area contributed by atoms with Gasteiger partial charge in [0.15, 0.2) is 6.10 Å². The standard InChI is InChI=1S/C70H114O6/c1-4-7-10-13-16-19-21-23-25-27-29-30-31-32-33-34-35-36-37-38-39-40-42-43-45-47-49-51-54-57-60-63-69(72)75-66-67(65-74-68(71)62-59-56-53-18-15-12-9-6-3)76-70(73)64-61-58-55-52-50-48-46-44-41-28-26-24-22-20-17-14-11-8-5-2/h7,10,16-17,19-20,23-26,29-30,32-33,35-36,38-39,42-43,47,49,67H,4-6,8-9,11-15,18,21-22,27-28,31,34,37,40-41,44-46,48,50-66H2,1-3H3/b10-7-,19-16-,20-17-,25-23-,26-24-,30-29-,33-32-,36-35-,39-38-,43-42-,49-47-. The van der Waals surface area contributed by atoms with Crippen LogP contribution in [0.25, 0.3) is 0 Å². The highest BCUT2D eigenvalue weighted by atomic mass is 16.6. The van der Waals surface area contributed by atoms with Gasteiger partial charge in [0, 0.05) is 19.3 Å². The number of carbonyl (C=O) groups excluding carboxylic acids is 3. The summed E-state index contributed by atoms with van der Waals surface area (Å²) < 4.78 is 16.8. The molecule has 1 atom stereocenters. The molecule has 0 amide bonds. The van der Waals surface area contributed by atoms with Crippen molar-refractivity contribution in [1.82, 2.24) is 0 Å². The van der Waals surface area contributed by atoms with Crippen LogP contribution in [0, 0.1) is 0 Å². The molecule has 0 N–H and O–H groups in total. The molecular formula is C70H114O6. The van der Waals surface area contributed by atoms with Crippen LogP contribution in [0.15, 0.2) is 134 Å². The smallest absolute Gasteiger partial charge is 0.306 e. The average molecular weight is 1050 g/mol. The molecule has 0 aliphatic rings. The van der Waals surface area contributed by atoms with Crippen LogP contribution in [0.1, 0.15) is 271 Å². The van der Waals surface area contributed by atoms with Crippen LogP contribution >= 0.6 is 0 Å². The lowest BCUT2D eigenvalue weighted by Crippen LogP contribution is -2.30. The Morgan fingerprint density at radius 2 is 0.513 bits per heavy atom. The molecule has 0 aromatic heterocycles. The molecule has 0 rings (SSSR count). The summed E-state index contributed by atoms with van der Waals surface area (Å²) in [6.45, 7) is 6.44. The van der Waals surface area contributed by atoms with Gasteiger partial charge in [-0.05, 0) is 122 Å². The van der Waals surface area contributed by atoms with E-state index in [1.165, 1.54) is 103 Å². The van der Waals surface area contributed by atoms with E-state index in [9.17, 15) is 14.4 Å². The number of unbranched alkanes of at least 4 members (excludes halogenated alkanes) is 22. The fourth-order valence-corrected chi connectivity index (χ4v) is 8.23. The Bertz CT molecular complexity index is 1630. The maximum absolute atomic E-state index is 12.9. The summed E-state index contributed by atoms with van der Waals surface area (Å²) >= 11 is 0. The van der Waals surface area contributed by atoms with Crippen LogP contribution in [0.4, 0.5) is 0 Å². The minimum atomic E-state index is -0.796. The zero-order chi connectivity index (χ0) is 55.0. The van der Waals surface area contributed by atoms with Crippen molar-refractivity contribution in [3.63, 3.8) is 0 Å². The Morgan fingerprint density at radius 3 is 0.842 bits per heavy atom. The second-order valence-electron chi connectivity index (χ2n) is 20.2. The quantitative estimate of drug-likeness (QED) is 0.0261. The van der Waals surface area contributed by atoms with Gasteiger partial charge >= 0.3 is 17.9 Å². The van der Waals surface area contributed by atoms with Crippen LogP contribution in [-0.4, -0.2) is 37.2 Å². The van der Waals surface area contributed by atoms with Gasteiger partial charge in [0.1, 0.15) is 13.2 Å². The van der Waals surface area contributed by atoms with Crippen LogP contribution in [0.2, 0.25) is 0 Å². The highest BCUT2D eigenvalue weighted by molar-refractivity contribution is 5.71. The summed E-state index contributed by atoms with van der Waals surface area (Å²) in [5.74, 6) is -0.936. The van der Waals surface area contributed by atoms with E-state index in [0.29, 0.717) is 19.3 Å². The number of esters is 3. The lowest BCUT2D eigenvalue weighted by atomic mass is 10.1. The molecule has 0 aliphatic heterocycles. The zero-order valence-corrected chi connectivity index (χ0v) is 49.2. The van der Waals surface area contributed by atoms with Crippen LogP contribution in [0.3, 0.4) is 0 Å². The predicted molar refractivity (Wildman–Crippen MR) is 329 cm³/mol. The summed E-state index contributed by atoms with van der Waals surface area (Å²) in [5, 5.41) is 0. The summed E-state index contributed by atoms with van der Waals surface area (Å²) in [6.07, 6.45) is 88.9. The highest BCUT2D eigenvalue weighted by Crippen LogP contribution is 2.15. The number of hydrogen-bond donors (Lipinski definition) is 0. The second kappa shape index (κ2) is 63.1. The molecular weight excluding hydrogens is 937 g/mol. The van der Waals surface area contributed by atoms with Crippen LogP contribution < -0.4 is 0 Å². The number of hydrogen-bond acceptors (Lipinski definition) is 6. The summed E-state index contributed by atoms with van der Waals surface area (Å²) in [6, 6.07) is 0. The van der Waals surface area contributed by atoms with Crippen molar-refractivity contribution in [2.75, 3.05) is 13.2 Å². The Kier molecular flexibility index (Phi) is 59.4. The van der Waals surface area contributed by atoms with E-state index in [4.69, 9.17) is 14.2 Å². The van der Waals surface area contributed by atoms with E-state index in [1.807, 2.05) is 0 Å². The van der Waals surface area contributed by atoms with Crippen LogP contribution in [0.5, 0.6) is 0 Å². The van der Waals surface area contributed by atoms with Crippen molar-refractivity contribution in [3.05, 3.63) is 134 Å². The molecule has 0 aliphatic carbocycles. The lowest BCUT2D eigenvalue weighted by molar-refractivity contribution is -0.167. The van der Waals surface area contributed by atoms with Gasteiger partial charge in [-0.3, -0.25) is 14.4 Å². The van der Waals surface area contributed by atoms with E-state index < -0.39 is 6.10 Å². The molecule has 76 heavy (non-hydrogen) atoms. The minimum absolute atomic E-state index is 0.0923. The first kappa shape index (κ1) is 71.5. The first-order chi connectivity index (χ1) is 37.5. The topological polar surface area (TPSA) is 78.9 Å². The lowest BCUT2D eigenvalue weighted by Gasteiger charge is -2.18. The van der Waals surface area contributed by atoms with Gasteiger partial charge in [-0.2, -0.15) is 0 Å². The van der Waals surface area contributed by atoms with E-state index in [2.05, 4.69) is 154 Å². The van der Waals surface area contributed by atoms with E-state index in [1.54, 1.807) is 0 Å². The van der Waals surface area contributed by atoms with Gasteiger partial charge in [-0.25, -0.2) is 0 Å². The fourth-order valence-electron chi connectivity index (χ4n) is 8.23. The third-order valence-corrected chi connectivity index (χ3v) is 12.9. The van der Waals surface area contributed by atoms with Gasteiger partial charge in [-0.15, -0.1) is 0 Å². The molecule has 6 heteroatoms. The summed E-state index contributed by atoms with van der Waals surface area (Å²) in [5.41, 5.74) is 0. The molecule has 0 bridgehead atoms. The molecule has 6 nitrogen and oxygen atoms in total. The van der Waals surface area contributed by atoms with Gasteiger partial charge in [0.2, 0.25) is 0 Å². The van der Waals surface area contributed by atoms with E-state index in [0.717, 1.165) is 128 Å². The van der Waals surface area contributed by atoms with Gasteiger partial charge < -0.3 is 14.2 Å². The second-order valence-corrected chi connectivity index (χ2v) is 20.2. The maximum atomic E-state index is 12.9.